The van der Waals surface area contributed by atoms with E-state index in [1.54, 1.807) is 29.5 Å². The average Bonchev–Trinajstić information content (AvgIpc) is 2.82. The number of hydrogen-bond donors (Lipinski definition) is 1. The van der Waals surface area contributed by atoms with Crippen LogP contribution in [-0.2, 0) is 11.3 Å². The lowest BCUT2D eigenvalue weighted by Gasteiger charge is -2.06. The fourth-order valence-electron chi connectivity index (χ4n) is 1.31. The van der Waals surface area contributed by atoms with Gasteiger partial charge in [-0.15, -0.1) is 0 Å². The molecule has 3 nitrogen and oxygen atoms in total. The van der Waals surface area contributed by atoms with Crippen molar-refractivity contribution in [2.24, 2.45) is 0 Å². The summed E-state index contributed by atoms with van der Waals surface area (Å²) in [5.74, 6) is -0.379. The second-order valence-electron chi connectivity index (χ2n) is 3.42. The Balaban J connectivity index is 2.07. The summed E-state index contributed by atoms with van der Waals surface area (Å²) in [4.78, 5) is 11.8. The molecule has 0 amide bonds. The monoisotopic (exact) mass is 311 g/mol. The van der Waals surface area contributed by atoms with Gasteiger partial charge in [0.2, 0.25) is 0 Å². The molecule has 5 heteroatoms. The molecule has 1 aromatic carbocycles. The number of anilines is 1. The van der Waals surface area contributed by atoms with Crippen LogP contribution in [0.1, 0.15) is 15.9 Å². The number of esters is 1. The number of nitrogens with two attached hydrogens (primary N) is 1. The van der Waals surface area contributed by atoms with Gasteiger partial charge in [-0.2, -0.15) is 11.3 Å². The second-order valence-corrected chi connectivity index (χ2v) is 4.99. The van der Waals surface area contributed by atoms with Gasteiger partial charge in [0.15, 0.2) is 0 Å². The molecular weight excluding hydrogens is 302 g/mol. The van der Waals surface area contributed by atoms with E-state index < -0.39 is 0 Å². The van der Waals surface area contributed by atoms with Crippen LogP contribution in [0.3, 0.4) is 0 Å². The molecule has 2 rings (SSSR count). The quantitative estimate of drug-likeness (QED) is 0.697. The highest BCUT2D eigenvalue weighted by molar-refractivity contribution is 9.10. The summed E-state index contributed by atoms with van der Waals surface area (Å²) >= 11 is 4.85. The van der Waals surface area contributed by atoms with Crippen molar-refractivity contribution in [2.75, 3.05) is 5.73 Å². The third-order valence-electron chi connectivity index (χ3n) is 2.20. The number of nitrogen functional groups attached to an aromatic ring is 1. The van der Waals surface area contributed by atoms with Crippen molar-refractivity contribution < 1.29 is 9.53 Å². The summed E-state index contributed by atoms with van der Waals surface area (Å²) in [6.07, 6.45) is 0. The van der Waals surface area contributed by atoms with Gasteiger partial charge in [-0.05, 0) is 44.9 Å². The fraction of sp³-hybridized carbons (Fsp3) is 0.0833. The Hall–Kier alpha value is -1.33. The third-order valence-corrected chi connectivity index (χ3v) is 3.82. The molecule has 0 saturated heterocycles. The summed E-state index contributed by atoms with van der Waals surface area (Å²) < 4.78 is 5.77. The van der Waals surface area contributed by atoms with Crippen LogP contribution in [-0.4, -0.2) is 5.97 Å². The molecule has 0 unspecified atom stereocenters. The highest BCUT2D eigenvalue weighted by Crippen LogP contribution is 2.24. The molecule has 2 N–H and O–H groups in total. The van der Waals surface area contributed by atoms with E-state index in [4.69, 9.17) is 10.5 Å². The van der Waals surface area contributed by atoms with Gasteiger partial charge in [0.05, 0.1) is 10.0 Å². The van der Waals surface area contributed by atoms with Crippen molar-refractivity contribution in [2.45, 2.75) is 6.61 Å². The molecule has 2 aromatic rings. The summed E-state index contributed by atoms with van der Waals surface area (Å²) in [6.45, 7) is 0.281. The van der Waals surface area contributed by atoms with Crippen LogP contribution in [0, 0.1) is 0 Å². The first-order valence-corrected chi connectivity index (χ1v) is 6.64. The van der Waals surface area contributed by atoms with Crippen molar-refractivity contribution in [3.05, 3.63) is 50.6 Å². The summed E-state index contributed by atoms with van der Waals surface area (Å²) in [6, 6.07) is 7.05. The molecule has 1 heterocycles. The zero-order chi connectivity index (χ0) is 12.3. The van der Waals surface area contributed by atoms with Gasteiger partial charge in [-0.25, -0.2) is 4.79 Å². The first-order valence-electron chi connectivity index (χ1n) is 4.90. The number of carbonyl (C=O) groups excluding carboxylic acids is 1. The first kappa shape index (κ1) is 12.1. The van der Waals surface area contributed by atoms with Gasteiger partial charge >= 0.3 is 5.97 Å². The number of halogens is 1. The number of hydrogen-bond acceptors (Lipinski definition) is 4. The molecule has 0 aliphatic rings. The average molecular weight is 312 g/mol. The smallest absolute Gasteiger partial charge is 0.339 e. The van der Waals surface area contributed by atoms with E-state index in [1.807, 2.05) is 16.8 Å². The Bertz CT molecular complexity index is 525. The lowest BCUT2D eigenvalue weighted by molar-refractivity contribution is 0.0472. The van der Waals surface area contributed by atoms with Crippen molar-refractivity contribution in [3.63, 3.8) is 0 Å². The molecule has 0 radical (unpaired) electrons. The van der Waals surface area contributed by atoms with Gasteiger partial charge in [0, 0.05) is 11.3 Å². The summed E-state index contributed by atoms with van der Waals surface area (Å²) in [5.41, 5.74) is 7.65. The molecule has 0 fully saturated rings. The molecule has 0 bridgehead atoms. The van der Waals surface area contributed by atoms with Crippen LogP contribution in [0.5, 0.6) is 0 Å². The molecule has 0 aliphatic heterocycles. The zero-order valence-electron chi connectivity index (χ0n) is 8.85. The maximum Gasteiger partial charge on any atom is 0.339 e. The van der Waals surface area contributed by atoms with E-state index >= 15 is 0 Å². The van der Waals surface area contributed by atoms with Crippen molar-refractivity contribution in [1.29, 1.82) is 0 Å². The fourth-order valence-corrected chi connectivity index (χ4v) is 2.39. The molecule has 88 valence electrons. The number of rotatable bonds is 3. The first-order chi connectivity index (χ1) is 8.18. The van der Waals surface area contributed by atoms with E-state index in [9.17, 15) is 4.79 Å². The Morgan fingerprint density at radius 3 is 2.94 bits per heavy atom. The lowest BCUT2D eigenvalue weighted by atomic mass is 10.2. The van der Waals surface area contributed by atoms with Crippen LogP contribution >= 0.6 is 27.3 Å². The third kappa shape index (κ3) is 2.87. The Kier molecular flexibility index (Phi) is 3.81. The molecule has 0 atom stereocenters. The molecule has 0 aliphatic carbocycles. The van der Waals surface area contributed by atoms with Gasteiger partial charge in [0.25, 0.3) is 0 Å². The number of benzene rings is 1. The topological polar surface area (TPSA) is 52.3 Å². The lowest BCUT2D eigenvalue weighted by Crippen LogP contribution is -2.06. The van der Waals surface area contributed by atoms with Gasteiger partial charge in [0.1, 0.15) is 6.61 Å². The minimum Gasteiger partial charge on any atom is -0.457 e. The van der Waals surface area contributed by atoms with E-state index in [-0.39, 0.29) is 12.6 Å². The second kappa shape index (κ2) is 5.33. The minimum absolute atomic E-state index is 0.281. The summed E-state index contributed by atoms with van der Waals surface area (Å²) in [5, 5.41) is 3.89. The molecule has 17 heavy (non-hydrogen) atoms. The number of ether oxygens (including phenoxy) is 1. The SMILES string of the molecule is Nc1cccc(C(=O)OCc2ccsc2)c1Br. The maximum atomic E-state index is 11.8. The van der Waals surface area contributed by atoms with E-state index in [2.05, 4.69) is 15.9 Å². The van der Waals surface area contributed by atoms with Gasteiger partial charge in [-0.1, -0.05) is 6.07 Å². The molecule has 1 aromatic heterocycles. The minimum atomic E-state index is -0.379. The highest BCUT2D eigenvalue weighted by Gasteiger charge is 2.13. The Morgan fingerprint density at radius 2 is 2.24 bits per heavy atom. The highest BCUT2D eigenvalue weighted by atomic mass is 79.9. The predicted molar refractivity (Wildman–Crippen MR) is 72.0 cm³/mol. The Labute approximate surface area is 111 Å². The largest absolute Gasteiger partial charge is 0.457 e. The Morgan fingerprint density at radius 1 is 1.41 bits per heavy atom. The van der Waals surface area contributed by atoms with Crippen molar-refractivity contribution in [1.82, 2.24) is 0 Å². The zero-order valence-corrected chi connectivity index (χ0v) is 11.3. The van der Waals surface area contributed by atoms with Crippen molar-refractivity contribution >= 4 is 38.9 Å². The number of carbonyl (C=O) groups is 1. The van der Waals surface area contributed by atoms with Gasteiger partial charge in [-0.3, -0.25) is 0 Å². The molecule has 0 saturated carbocycles. The van der Waals surface area contributed by atoms with Gasteiger partial charge < -0.3 is 10.5 Å². The van der Waals surface area contributed by atoms with E-state index in [0.717, 1.165) is 5.56 Å². The van der Waals surface area contributed by atoms with E-state index in [0.29, 0.717) is 15.7 Å². The normalized spacial score (nSPS) is 10.2. The maximum absolute atomic E-state index is 11.8. The van der Waals surface area contributed by atoms with E-state index in [1.165, 1.54) is 0 Å². The van der Waals surface area contributed by atoms with Crippen LogP contribution in [0.4, 0.5) is 5.69 Å². The molecular formula is C12H10BrNO2S. The van der Waals surface area contributed by atoms with Crippen LogP contribution in [0.2, 0.25) is 0 Å². The van der Waals surface area contributed by atoms with Crippen LogP contribution < -0.4 is 5.73 Å². The van der Waals surface area contributed by atoms with Crippen LogP contribution in [0.25, 0.3) is 0 Å². The number of thiophene rings is 1. The summed E-state index contributed by atoms with van der Waals surface area (Å²) in [7, 11) is 0. The van der Waals surface area contributed by atoms with Crippen LogP contribution in [0.15, 0.2) is 39.5 Å². The van der Waals surface area contributed by atoms with Crippen molar-refractivity contribution in [3.8, 4) is 0 Å². The standard InChI is InChI=1S/C12H10BrNO2S/c13-11-9(2-1-3-10(11)14)12(15)16-6-8-4-5-17-7-8/h1-5,7H,6,14H2. The molecule has 0 spiro atoms. The predicted octanol–water partition coefficient (Wildman–Crippen LogP) is 3.45.